The predicted octanol–water partition coefficient (Wildman–Crippen LogP) is 1.58. The van der Waals surface area contributed by atoms with Gasteiger partial charge >= 0.3 is 0 Å². The lowest BCUT2D eigenvalue weighted by atomic mass is 10.2. The van der Waals surface area contributed by atoms with Gasteiger partial charge in [0.05, 0.1) is 5.69 Å². The number of hydrogen-bond donors (Lipinski definition) is 0. The van der Waals surface area contributed by atoms with Crippen molar-refractivity contribution in [1.82, 2.24) is 4.98 Å². The van der Waals surface area contributed by atoms with Crippen molar-refractivity contribution >= 4 is 5.78 Å². The lowest BCUT2D eigenvalue weighted by Gasteiger charge is -1.89. The fourth-order valence-electron chi connectivity index (χ4n) is 0.730. The van der Waals surface area contributed by atoms with Crippen molar-refractivity contribution in [1.29, 1.82) is 0 Å². The smallest absolute Gasteiger partial charge is 0.199 e. The summed E-state index contributed by atoms with van der Waals surface area (Å²) in [6.07, 6.45) is 1.76. The summed E-state index contributed by atoms with van der Waals surface area (Å²) in [5.74, 6) is 0.400. The van der Waals surface area contributed by atoms with E-state index in [4.69, 9.17) is 4.42 Å². The summed E-state index contributed by atoms with van der Waals surface area (Å²) >= 11 is 0. The van der Waals surface area contributed by atoms with E-state index in [-0.39, 0.29) is 5.78 Å². The zero-order valence-electron chi connectivity index (χ0n) is 6.05. The molecule has 0 aliphatic rings. The minimum absolute atomic E-state index is 0.00926. The van der Waals surface area contributed by atoms with Gasteiger partial charge in [0.15, 0.2) is 17.9 Å². The van der Waals surface area contributed by atoms with Crippen LogP contribution < -0.4 is 0 Å². The lowest BCUT2D eigenvalue weighted by molar-refractivity contribution is 0.0960. The number of aryl methyl sites for hydroxylation is 1. The van der Waals surface area contributed by atoms with Crippen molar-refractivity contribution in [2.45, 2.75) is 20.3 Å². The Kier molecular flexibility index (Phi) is 1.85. The normalized spacial score (nSPS) is 9.80. The molecule has 0 radical (unpaired) electrons. The maximum absolute atomic E-state index is 11.0. The summed E-state index contributed by atoms with van der Waals surface area (Å²) in [6, 6.07) is 0. The zero-order valence-corrected chi connectivity index (χ0v) is 6.05. The van der Waals surface area contributed by atoms with Crippen LogP contribution in [0.3, 0.4) is 0 Å². The van der Waals surface area contributed by atoms with Gasteiger partial charge in [0.1, 0.15) is 0 Å². The number of carbonyl (C=O) groups excluding carboxylic acids is 1. The highest BCUT2D eigenvalue weighted by molar-refractivity contribution is 5.93. The summed E-state index contributed by atoms with van der Waals surface area (Å²) in [7, 11) is 0. The van der Waals surface area contributed by atoms with Crippen LogP contribution in [0.5, 0.6) is 0 Å². The van der Waals surface area contributed by atoms with Gasteiger partial charge in [0, 0.05) is 6.42 Å². The molecule has 0 aliphatic heterocycles. The molecule has 3 heteroatoms. The van der Waals surface area contributed by atoms with Crippen molar-refractivity contribution in [2.75, 3.05) is 0 Å². The first-order chi connectivity index (χ1) is 4.75. The van der Waals surface area contributed by atoms with Crippen LogP contribution in [0.25, 0.3) is 0 Å². The molecule has 0 aromatic carbocycles. The SMILES string of the molecule is CCC(=O)c1ocnc1C. The molecule has 0 amide bonds. The van der Waals surface area contributed by atoms with Gasteiger partial charge in [-0.3, -0.25) is 4.79 Å². The van der Waals surface area contributed by atoms with Gasteiger partial charge in [0.2, 0.25) is 0 Å². The van der Waals surface area contributed by atoms with Crippen molar-refractivity contribution in [3.63, 3.8) is 0 Å². The Morgan fingerprint density at radius 3 is 2.90 bits per heavy atom. The number of hydrogen-bond acceptors (Lipinski definition) is 3. The molecule has 1 aromatic heterocycles. The third kappa shape index (κ3) is 1.07. The molecule has 0 fully saturated rings. The molecule has 10 heavy (non-hydrogen) atoms. The second-order valence-electron chi connectivity index (χ2n) is 2.04. The van der Waals surface area contributed by atoms with Gasteiger partial charge in [-0.15, -0.1) is 0 Å². The van der Waals surface area contributed by atoms with Gasteiger partial charge in [-0.1, -0.05) is 6.92 Å². The number of oxazole rings is 1. The van der Waals surface area contributed by atoms with Gasteiger partial charge in [-0.2, -0.15) is 0 Å². The van der Waals surface area contributed by atoms with Crippen LogP contribution in [0.15, 0.2) is 10.8 Å². The summed E-state index contributed by atoms with van der Waals surface area (Å²) in [4.78, 5) is 14.8. The van der Waals surface area contributed by atoms with Crippen LogP contribution in [0, 0.1) is 6.92 Å². The van der Waals surface area contributed by atoms with E-state index in [1.807, 2.05) is 0 Å². The summed E-state index contributed by atoms with van der Waals surface area (Å²) < 4.78 is 4.86. The average Bonchev–Trinajstić information content (AvgIpc) is 2.34. The minimum atomic E-state index is 0.00926. The minimum Gasteiger partial charge on any atom is -0.440 e. The molecule has 3 nitrogen and oxygen atoms in total. The fourth-order valence-corrected chi connectivity index (χ4v) is 0.730. The predicted molar refractivity (Wildman–Crippen MR) is 35.9 cm³/mol. The second-order valence-corrected chi connectivity index (χ2v) is 2.04. The number of aromatic nitrogens is 1. The molecular formula is C7H9NO2. The highest BCUT2D eigenvalue weighted by Crippen LogP contribution is 2.06. The molecule has 1 aromatic rings. The highest BCUT2D eigenvalue weighted by atomic mass is 16.3. The third-order valence-corrected chi connectivity index (χ3v) is 1.32. The Balaban J connectivity index is 2.93. The molecular weight excluding hydrogens is 130 g/mol. The second kappa shape index (κ2) is 2.64. The van der Waals surface area contributed by atoms with E-state index in [1.54, 1.807) is 13.8 Å². The molecule has 0 spiro atoms. The molecule has 1 heterocycles. The molecule has 0 saturated heterocycles. The first-order valence-corrected chi connectivity index (χ1v) is 3.19. The van der Waals surface area contributed by atoms with Crippen molar-refractivity contribution in [2.24, 2.45) is 0 Å². The molecule has 0 aliphatic carbocycles. The molecule has 0 bridgehead atoms. The highest BCUT2D eigenvalue weighted by Gasteiger charge is 2.10. The van der Waals surface area contributed by atoms with E-state index in [2.05, 4.69) is 4.98 Å². The van der Waals surface area contributed by atoms with E-state index in [1.165, 1.54) is 6.39 Å². The number of Topliss-reactive ketones (excluding diaryl/α,β-unsaturated/α-hetero) is 1. The molecule has 0 saturated carbocycles. The molecule has 0 atom stereocenters. The van der Waals surface area contributed by atoms with Gasteiger partial charge < -0.3 is 4.42 Å². The number of carbonyl (C=O) groups is 1. The van der Waals surface area contributed by atoms with E-state index in [0.717, 1.165) is 0 Å². The standard InChI is InChI=1S/C7H9NO2/c1-3-6(9)7-5(2)8-4-10-7/h4H,3H2,1-2H3. The van der Waals surface area contributed by atoms with Crippen molar-refractivity contribution in [3.8, 4) is 0 Å². The Morgan fingerprint density at radius 2 is 2.50 bits per heavy atom. The summed E-state index contributed by atoms with van der Waals surface area (Å²) in [5.41, 5.74) is 0.673. The van der Waals surface area contributed by atoms with Gasteiger partial charge in [-0.25, -0.2) is 4.98 Å². The zero-order chi connectivity index (χ0) is 7.56. The monoisotopic (exact) mass is 139 g/mol. The molecule has 1 rings (SSSR count). The van der Waals surface area contributed by atoms with Crippen LogP contribution in [-0.2, 0) is 0 Å². The van der Waals surface area contributed by atoms with Crippen LogP contribution in [0.2, 0.25) is 0 Å². The van der Waals surface area contributed by atoms with Crippen LogP contribution >= 0.6 is 0 Å². The summed E-state index contributed by atoms with van der Waals surface area (Å²) in [5, 5.41) is 0. The fraction of sp³-hybridized carbons (Fsp3) is 0.429. The third-order valence-electron chi connectivity index (χ3n) is 1.32. The Labute approximate surface area is 59.1 Å². The number of ketones is 1. The van der Waals surface area contributed by atoms with Gasteiger partial charge in [0.25, 0.3) is 0 Å². The summed E-state index contributed by atoms with van der Waals surface area (Å²) in [6.45, 7) is 3.55. The maximum atomic E-state index is 11.0. The van der Waals surface area contributed by atoms with Crippen molar-refractivity contribution < 1.29 is 9.21 Å². The largest absolute Gasteiger partial charge is 0.440 e. The van der Waals surface area contributed by atoms with E-state index in [0.29, 0.717) is 17.9 Å². The van der Waals surface area contributed by atoms with Crippen LogP contribution in [0.1, 0.15) is 29.6 Å². The Bertz CT molecular complexity index is 240. The first-order valence-electron chi connectivity index (χ1n) is 3.19. The Morgan fingerprint density at radius 1 is 1.80 bits per heavy atom. The van der Waals surface area contributed by atoms with Crippen LogP contribution in [0.4, 0.5) is 0 Å². The van der Waals surface area contributed by atoms with E-state index < -0.39 is 0 Å². The molecule has 0 unspecified atom stereocenters. The molecule has 0 N–H and O–H groups in total. The lowest BCUT2D eigenvalue weighted by Crippen LogP contribution is -1.96. The molecule has 54 valence electrons. The van der Waals surface area contributed by atoms with E-state index in [9.17, 15) is 4.79 Å². The quantitative estimate of drug-likeness (QED) is 0.584. The Hall–Kier alpha value is -1.12. The number of rotatable bonds is 2. The van der Waals surface area contributed by atoms with E-state index >= 15 is 0 Å². The number of nitrogens with zero attached hydrogens (tertiary/aromatic N) is 1. The topological polar surface area (TPSA) is 43.1 Å². The average molecular weight is 139 g/mol. The van der Waals surface area contributed by atoms with Crippen molar-refractivity contribution in [3.05, 3.63) is 17.8 Å². The van der Waals surface area contributed by atoms with Crippen LogP contribution in [-0.4, -0.2) is 10.8 Å². The first kappa shape index (κ1) is 6.99. The maximum Gasteiger partial charge on any atom is 0.199 e. The van der Waals surface area contributed by atoms with Gasteiger partial charge in [-0.05, 0) is 6.92 Å².